The van der Waals surface area contributed by atoms with E-state index in [1.807, 2.05) is 12.1 Å². The molecule has 0 atom stereocenters. The fourth-order valence-corrected chi connectivity index (χ4v) is 5.88. The average molecular weight is 461 g/mol. The summed E-state index contributed by atoms with van der Waals surface area (Å²) in [4.78, 5) is 12.5. The van der Waals surface area contributed by atoms with Crippen molar-refractivity contribution < 1.29 is 4.79 Å². The van der Waals surface area contributed by atoms with E-state index in [2.05, 4.69) is 50.2 Å². The van der Waals surface area contributed by atoms with Gasteiger partial charge in [0.25, 0.3) is 0 Å². The van der Waals surface area contributed by atoms with E-state index in [1.54, 1.807) is 5.56 Å². The summed E-state index contributed by atoms with van der Waals surface area (Å²) in [6, 6.07) is 17.7. The van der Waals surface area contributed by atoms with Crippen molar-refractivity contribution in [2.75, 3.05) is 0 Å². The van der Waals surface area contributed by atoms with E-state index in [4.69, 9.17) is 0 Å². The molecule has 34 heavy (non-hydrogen) atoms. The van der Waals surface area contributed by atoms with Crippen LogP contribution in [0.5, 0.6) is 0 Å². The van der Waals surface area contributed by atoms with Crippen molar-refractivity contribution in [3.05, 3.63) is 59.7 Å². The van der Waals surface area contributed by atoms with E-state index in [9.17, 15) is 4.79 Å². The minimum absolute atomic E-state index is 0.288. The molecule has 0 radical (unpaired) electrons. The predicted octanol–water partition coefficient (Wildman–Crippen LogP) is 10.5. The summed E-state index contributed by atoms with van der Waals surface area (Å²) in [5, 5.41) is 0. The smallest absolute Gasteiger partial charge is 0.162 e. The molecule has 0 amide bonds. The van der Waals surface area contributed by atoms with Crippen LogP contribution in [-0.2, 0) is 5.41 Å². The van der Waals surface area contributed by atoms with Crippen LogP contribution in [0.3, 0.4) is 0 Å². The van der Waals surface area contributed by atoms with Gasteiger partial charge in [-0.1, -0.05) is 139 Å². The maximum atomic E-state index is 12.5. The Bertz CT molecular complexity index is 824. The number of unbranched alkanes of at least 4 members (excludes halogenated alkanes) is 8. The number of ketones is 1. The van der Waals surface area contributed by atoms with Crippen molar-refractivity contribution in [1.82, 2.24) is 0 Å². The summed E-state index contributed by atoms with van der Waals surface area (Å²) in [5.74, 6) is 0.288. The monoisotopic (exact) mass is 460 g/mol. The maximum Gasteiger partial charge on any atom is 0.162 e. The van der Waals surface area contributed by atoms with Gasteiger partial charge in [0.2, 0.25) is 0 Å². The minimum Gasteiger partial charge on any atom is -0.294 e. The topological polar surface area (TPSA) is 17.1 Å². The lowest BCUT2D eigenvalue weighted by atomic mass is 9.66. The van der Waals surface area contributed by atoms with Crippen LogP contribution in [0, 0.1) is 0 Å². The Hall–Kier alpha value is -1.89. The summed E-state index contributed by atoms with van der Waals surface area (Å²) >= 11 is 0. The molecule has 1 aliphatic rings. The number of hydrogen-bond acceptors (Lipinski definition) is 1. The molecule has 3 rings (SSSR count). The molecule has 1 aliphatic carbocycles. The first-order valence-electron chi connectivity index (χ1n) is 14.4. The Morgan fingerprint density at radius 3 is 1.76 bits per heavy atom. The van der Waals surface area contributed by atoms with Crippen LogP contribution in [0.4, 0.5) is 0 Å². The molecule has 1 saturated carbocycles. The van der Waals surface area contributed by atoms with Crippen LogP contribution in [0.1, 0.15) is 139 Å². The Morgan fingerprint density at radius 1 is 0.647 bits per heavy atom. The summed E-state index contributed by atoms with van der Waals surface area (Å²) in [6.45, 7) is 4.52. The molecule has 0 saturated heterocycles. The lowest BCUT2D eigenvalue weighted by Crippen LogP contribution is -2.29. The Labute approximate surface area is 209 Å². The Morgan fingerprint density at radius 2 is 1.18 bits per heavy atom. The zero-order chi connectivity index (χ0) is 24.1. The van der Waals surface area contributed by atoms with Crippen LogP contribution in [0.2, 0.25) is 0 Å². The molecule has 2 aromatic rings. The van der Waals surface area contributed by atoms with E-state index >= 15 is 0 Å². The van der Waals surface area contributed by atoms with E-state index in [0.29, 0.717) is 11.8 Å². The molecule has 0 heterocycles. The van der Waals surface area contributed by atoms with Gasteiger partial charge in [-0.25, -0.2) is 0 Å². The molecule has 0 aliphatic heterocycles. The van der Waals surface area contributed by atoms with Gasteiger partial charge in [0.15, 0.2) is 5.78 Å². The normalized spacial score (nSPS) is 15.4. The highest BCUT2D eigenvalue weighted by atomic mass is 16.1. The molecule has 2 aromatic carbocycles. The summed E-state index contributed by atoms with van der Waals surface area (Å²) in [7, 11) is 0. The van der Waals surface area contributed by atoms with Crippen molar-refractivity contribution in [2.24, 2.45) is 0 Å². The van der Waals surface area contributed by atoms with Crippen molar-refractivity contribution >= 4 is 5.78 Å². The van der Waals surface area contributed by atoms with E-state index in [0.717, 1.165) is 12.0 Å². The number of benzene rings is 2. The first kappa shape index (κ1) is 26.7. The molecule has 0 bridgehead atoms. The van der Waals surface area contributed by atoms with Gasteiger partial charge in [-0.2, -0.15) is 0 Å². The zero-order valence-corrected chi connectivity index (χ0v) is 22.0. The maximum absolute atomic E-state index is 12.5. The van der Waals surface area contributed by atoms with Gasteiger partial charge in [-0.05, 0) is 47.8 Å². The standard InChI is InChI=1S/C33H48O/c1-3-5-7-9-12-16-32(34)30-19-17-28(18-20-30)29-21-23-31(24-22-29)33(26-14-11-15-27-33)25-13-10-8-6-4-2/h17-24H,3-16,25-27H2,1-2H3. The highest BCUT2D eigenvalue weighted by Gasteiger charge is 2.33. The van der Waals surface area contributed by atoms with Crippen LogP contribution in [0.25, 0.3) is 11.1 Å². The quantitative estimate of drug-likeness (QED) is 0.191. The van der Waals surface area contributed by atoms with Gasteiger partial charge in [-0.3, -0.25) is 4.79 Å². The van der Waals surface area contributed by atoms with Gasteiger partial charge in [0, 0.05) is 12.0 Å². The second kappa shape index (κ2) is 14.5. The predicted molar refractivity (Wildman–Crippen MR) is 148 cm³/mol. The molecular formula is C33H48O. The summed E-state index contributed by atoms with van der Waals surface area (Å²) in [6.07, 6.45) is 21.7. The lowest BCUT2D eigenvalue weighted by molar-refractivity contribution is 0.0979. The van der Waals surface area contributed by atoms with Crippen molar-refractivity contribution in [2.45, 2.75) is 128 Å². The summed E-state index contributed by atoms with van der Waals surface area (Å²) in [5.41, 5.74) is 5.29. The number of carbonyl (C=O) groups is 1. The first-order chi connectivity index (χ1) is 16.7. The molecule has 0 N–H and O–H groups in total. The van der Waals surface area contributed by atoms with E-state index in [-0.39, 0.29) is 5.78 Å². The number of carbonyl (C=O) groups excluding carboxylic acids is 1. The van der Waals surface area contributed by atoms with Gasteiger partial charge in [0.05, 0.1) is 0 Å². The third kappa shape index (κ3) is 7.82. The van der Waals surface area contributed by atoms with Crippen molar-refractivity contribution in [1.29, 1.82) is 0 Å². The molecule has 0 unspecified atom stereocenters. The van der Waals surface area contributed by atoms with Gasteiger partial charge >= 0.3 is 0 Å². The highest BCUT2D eigenvalue weighted by molar-refractivity contribution is 5.96. The highest BCUT2D eigenvalue weighted by Crippen LogP contribution is 2.44. The number of rotatable bonds is 15. The fraction of sp³-hybridized carbons (Fsp3) is 0.606. The number of hydrogen-bond donors (Lipinski definition) is 0. The molecule has 1 fully saturated rings. The molecule has 0 spiro atoms. The van der Waals surface area contributed by atoms with E-state index < -0.39 is 0 Å². The average Bonchev–Trinajstić information content (AvgIpc) is 2.89. The van der Waals surface area contributed by atoms with Crippen LogP contribution in [0.15, 0.2) is 48.5 Å². The van der Waals surface area contributed by atoms with Crippen LogP contribution >= 0.6 is 0 Å². The third-order valence-electron chi connectivity index (χ3n) is 8.11. The Balaban J connectivity index is 1.60. The largest absolute Gasteiger partial charge is 0.294 e. The molecule has 1 nitrogen and oxygen atoms in total. The Kier molecular flexibility index (Phi) is 11.4. The SMILES string of the molecule is CCCCCCCC(=O)c1ccc(-c2ccc(C3(CCCCCCC)CCCCC3)cc2)cc1. The molecule has 0 aromatic heterocycles. The van der Waals surface area contributed by atoms with Crippen molar-refractivity contribution in [3.63, 3.8) is 0 Å². The van der Waals surface area contributed by atoms with Gasteiger partial charge < -0.3 is 0 Å². The molecular weight excluding hydrogens is 412 g/mol. The van der Waals surface area contributed by atoms with Gasteiger partial charge in [0.1, 0.15) is 0 Å². The van der Waals surface area contributed by atoms with Gasteiger partial charge in [-0.15, -0.1) is 0 Å². The lowest BCUT2D eigenvalue weighted by Gasteiger charge is -2.38. The number of Topliss-reactive ketones (excluding diaryl/α,β-unsaturated/α-hetero) is 1. The first-order valence-corrected chi connectivity index (χ1v) is 14.4. The zero-order valence-electron chi connectivity index (χ0n) is 22.0. The minimum atomic E-state index is 0.288. The van der Waals surface area contributed by atoms with Crippen LogP contribution in [-0.4, -0.2) is 5.78 Å². The summed E-state index contributed by atoms with van der Waals surface area (Å²) < 4.78 is 0. The van der Waals surface area contributed by atoms with E-state index in [1.165, 1.54) is 107 Å². The fourth-order valence-electron chi connectivity index (χ4n) is 5.88. The third-order valence-corrected chi connectivity index (χ3v) is 8.11. The second-order valence-corrected chi connectivity index (χ2v) is 10.7. The van der Waals surface area contributed by atoms with Crippen molar-refractivity contribution in [3.8, 4) is 11.1 Å². The van der Waals surface area contributed by atoms with Crippen LogP contribution < -0.4 is 0 Å². The second-order valence-electron chi connectivity index (χ2n) is 10.7. The molecule has 186 valence electrons. The molecule has 1 heteroatoms.